The van der Waals surface area contributed by atoms with Crippen LogP contribution in [0.3, 0.4) is 0 Å². The molecular weight excluding hydrogens is 350 g/mol. The van der Waals surface area contributed by atoms with Gasteiger partial charge in [-0.1, -0.05) is 0 Å². The molecule has 0 aromatic carbocycles. The first kappa shape index (κ1) is 16.0. The van der Waals surface area contributed by atoms with Crippen LogP contribution in [0.15, 0.2) is 33.2 Å². The quantitative estimate of drug-likeness (QED) is 0.607. The van der Waals surface area contributed by atoms with Gasteiger partial charge in [-0.05, 0) is 47.5 Å². The summed E-state index contributed by atoms with van der Waals surface area (Å²) >= 11 is 5.26. The SMILES string of the molecule is CCNC(=NCc1ccnn1C)NCCc1ccc(Br)s1. The Morgan fingerprint density at radius 3 is 2.86 bits per heavy atom. The lowest BCUT2D eigenvalue weighted by Gasteiger charge is -2.10. The summed E-state index contributed by atoms with van der Waals surface area (Å²) in [6.45, 7) is 4.40. The molecule has 5 nitrogen and oxygen atoms in total. The summed E-state index contributed by atoms with van der Waals surface area (Å²) in [4.78, 5) is 5.94. The van der Waals surface area contributed by atoms with E-state index in [9.17, 15) is 0 Å². The van der Waals surface area contributed by atoms with Gasteiger partial charge in [0, 0.05) is 31.2 Å². The third-order valence-electron chi connectivity index (χ3n) is 2.96. The Balaban J connectivity index is 1.85. The van der Waals surface area contributed by atoms with Crippen molar-refractivity contribution in [1.29, 1.82) is 0 Å². The van der Waals surface area contributed by atoms with Crippen LogP contribution in [0, 0.1) is 0 Å². The number of hydrogen-bond acceptors (Lipinski definition) is 3. The number of nitrogens with one attached hydrogen (secondary N) is 2. The van der Waals surface area contributed by atoms with Crippen molar-refractivity contribution < 1.29 is 0 Å². The largest absolute Gasteiger partial charge is 0.357 e. The second kappa shape index (κ2) is 8.19. The fourth-order valence-corrected chi connectivity index (χ4v) is 3.33. The van der Waals surface area contributed by atoms with E-state index in [-0.39, 0.29) is 0 Å². The van der Waals surface area contributed by atoms with Gasteiger partial charge in [-0.15, -0.1) is 11.3 Å². The summed E-state index contributed by atoms with van der Waals surface area (Å²) in [5.74, 6) is 0.842. The van der Waals surface area contributed by atoms with Crippen molar-refractivity contribution in [1.82, 2.24) is 20.4 Å². The highest BCUT2D eigenvalue weighted by atomic mass is 79.9. The molecule has 2 N–H and O–H groups in total. The summed E-state index contributed by atoms with van der Waals surface area (Å²) in [7, 11) is 1.93. The first-order valence-corrected chi connectivity index (χ1v) is 8.53. The lowest BCUT2D eigenvalue weighted by molar-refractivity contribution is 0.707. The zero-order valence-electron chi connectivity index (χ0n) is 12.3. The third kappa shape index (κ3) is 5.17. The summed E-state index contributed by atoms with van der Waals surface area (Å²) in [5.41, 5.74) is 1.09. The molecule has 7 heteroatoms. The highest BCUT2D eigenvalue weighted by molar-refractivity contribution is 9.11. The van der Waals surface area contributed by atoms with E-state index >= 15 is 0 Å². The van der Waals surface area contributed by atoms with Crippen LogP contribution in [0.25, 0.3) is 0 Å². The topological polar surface area (TPSA) is 54.2 Å². The molecule has 21 heavy (non-hydrogen) atoms. The smallest absolute Gasteiger partial charge is 0.191 e. The third-order valence-corrected chi connectivity index (χ3v) is 4.64. The van der Waals surface area contributed by atoms with Crippen molar-refractivity contribution in [2.24, 2.45) is 12.0 Å². The van der Waals surface area contributed by atoms with Crippen LogP contribution < -0.4 is 10.6 Å². The number of aromatic nitrogens is 2. The highest BCUT2D eigenvalue weighted by Crippen LogP contribution is 2.21. The van der Waals surface area contributed by atoms with Gasteiger partial charge in [-0.25, -0.2) is 4.99 Å². The zero-order valence-corrected chi connectivity index (χ0v) is 14.7. The second-order valence-electron chi connectivity index (χ2n) is 4.52. The number of aliphatic imine (C=N–C) groups is 1. The number of halogens is 1. The van der Waals surface area contributed by atoms with E-state index in [1.54, 1.807) is 17.5 Å². The minimum atomic E-state index is 0.621. The fourth-order valence-electron chi connectivity index (χ4n) is 1.85. The summed E-state index contributed by atoms with van der Waals surface area (Å²) < 4.78 is 3.02. The number of rotatable bonds is 6. The Hall–Kier alpha value is -1.34. The van der Waals surface area contributed by atoms with Crippen LogP contribution in [0.5, 0.6) is 0 Å². The van der Waals surface area contributed by atoms with E-state index in [4.69, 9.17) is 0 Å². The molecule has 0 aliphatic rings. The Morgan fingerprint density at radius 1 is 1.38 bits per heavy atom. The Labute approximate surface area is 137 Å². The van der Waals surface area contributed by atoms with Crippen LogP contribution in [0.1, 0.15) is 17.5 Å². The van der Waals surface area contributed by atoms with E-state index in [0.717, 1.165) is 31.2 Å². The number of hydrogen-bond donors (Lipinski definition) is 2. The molecule has 0 aliphatic heterocycles. The number of nitrogens with zero attached hydrogens (tertiary/aromatic N) is 3. The Morgan fingerprint density at radius 2 is 2.24 bits per heavy atom. The van der Waals surface area contributed by atoms with E-state index in [2.05, 4.69) is 55.7 Å². The average Bonchev–Trinajstić information content (AvgIpc) is 3.05. The lowest BCUT2D eigenvalue weighted by Crippen LogP contribution is -2.38. The first-order chi connectivity index (χ1) is 10.2. The fraction of sp³-hybridized carbons (Fsp3) is 0.429. The van der Waals surface area contributed by atoms with E-state index in [1.807, 2.05) is 17.8 Å². The molecule has 0 aliphatic carbocycles. The first-order valence-electron chi connectivity index (χ1n) is 6.92. The predicted molar refractivity (Wildman–Crippen MR) is 91.7 cm³/mol. The minimum absolute atomic E-state index is 0.621. The normalized spacial score (nSPS) is 11.7. The number of aryl methyl sites for hydroxylation is 1. The lowest BCUT2D eigenvalue weighted by atomic mass is 10.3. The second-order valence-corrected chi connectivity index (χ2v) is 7.07. The molecule has 0 atom stereocenters. The molecule has 0 radical (unpaired) electrons. The summed E-state index contributed by atoms with van der Waals surface area (Å²) in [6.07, 6.45) is 2.78. The van der Waals surface area contributed by atoms with Crippen molar-refractivity contribution in [3.8, 4) is 0 Å². The van der Waals surface area contributed by atoms with Gasteiger partial charge in [0.2, 0.25) is 0 Å². The molecule has 0 saturated heterocycles. The molecular formula is C14H20BrN5S. The van der Waals surface area contributed by atoms with Crippen LogP contribution in [0.2, 0.25) is 0 Å². The molecule has 114 valence electrons. The van der Waals surface area contributed by atoms with Gasteiger partial charge in [0.15, 0.2) is 5.96 Å². The van der Waals surface area contributed by atoms with Gasteiger partial charge in [-0.3, -0.25) is 4.68 Å². The summed E-state index contributed by atoms with van der Waals surface area (Å²) in [5, 5.41) is 10.8. The number of guanidine groups is 1. The van der Waals surface area contributed by atoms with Gasteiger partial charge in [0.25, 0.3) is 0 Å². The van der Waals surface area contributed by atoms with Crippen LogP contribution in [-0.4, -0.2) is 28.8 Å². The van der Waals surface area contributed by atoms with Gasteiger partial charge in [0.05, 0.1) is 16.0 Å². The van der Waals surface area contributed by atoms with Gasteiger partial charge >= 0.3 is 0 Å². The molecule has 0 spiro atoms. The molecule has 2 heterocycles. The van der Waals surface area contributed by atoms with Crippen molar-refractivity contribution in [2.75, 3.05) is 13.1 Å². The van der Waals surface area contributed by atoms with E-state index in [1.165, 1.54) is 8.66 Å². The zero-order chi connectivity index (χ0) is 15.1. The van der Waals surface area contributed by atoms with Gasteiger partial charge in [-0.2, -0.15) is 5.10 Å². The van der Waals surface area contributed by atoms with Crippen LogP contribution >= 0.6 is 27.3 Å². The molecule has 0 amide bonds. The maximum absolute atomic E-state index is 4.58. The predicted octanol–water partition coefficient (Wildman–Crippen LogP) is 2.54. The van der Waals surface area contributed by atoms with Crippen molar-refractivity contribution >= 4 is 33.2 Å². The molecule has 2 aromatic heterocycles. The van der Waals surface area contributed by atoms with Crippen molar-refractivity contribution in [3.05, 3.63) is 38.8 Å². The Kier molecular flexibility index (Phi) is 6.25. The maximum atomic E-state index is 4.58. The monoisotopic (exact) mass is 369 g/mol. The van der Waals surface area contributed by atoms with Crippen LogP contribution in [-0.2, 0) is 20.0 Å². The van der Waals surface area contributed by atoms with Crippen molar-refractivity contribution in [3.63, 3.8) is 0 Å². The standard InChI is InChI=1S/C14H20BrN5S/c1-3-16-14(18-10-11-6-9-19-20(11)2)17-8-7-12-4-5-13(15)21-12/h4-6,9H,3,7-8,10H2,1-2H3,(H2,16,17,18). The molecule has 0 fully saturated rings. The number of thiophene rings is 1. The Bertz CT molecular complexity index is 590. The van der Waals surface area contributed by atoms with E-state index in [0.29, 0.717) is 6.54 Å². The maximum Gasteiger partial charge on any atom is 0.191 e. The minimum Gasteiger partial charge on any atom is -0.357 e. The highest BCUT2D eigenvalue weighted by Gasteiger charge is 2.01. The molecule has 0 saturated carbocycles. The van der Waals surface area contributed by atoms with Gasteiger partial charge in [0.1, 0.15) is 0 Å². The molecule has 2 aromatic rings. The van der Waals surface area contributed by atoms with Crippen molar-refractivity contribution in [2.45, 2.75) is 19.9 Å². The van der Waals surface area contributed by atoms with E-state index < -0.39 is 0 Å². The van der Waals surface area contributed by atoms with Gasteiger partial charge < -0.3 is 10.6 Å². The summed E-state index contributed by atoms with van der Waals surface area (Å²) in [6, 6.07) is 6.22. The molecule has 0 bridgehead atoms. The molecule has 2 rings (SSSR count). The van der Waals surface area contributed by atoms with Crippen LogP contribution in [0.4, 0.5) is 0 Å². The molecule has 0 unspecified atom stereocenters. The average molecular weight is 370 g/mol.